The van der Waals surface area contributed by atoms with E-state index in [1.165, 1.54) is 0 Å². The Hall–Kier alpha value is -0.803. The van der Waals surface area contributed by atoms with E-state index in [0.29, 0.717) is 6.61 Å². The number of hydrogen-bond acceptors (Lipinski definition) is 2. The van der Waals surface area contributed by atoms with Crippen molar-refractivity contribution in [3.8, 4) is 5.75 Å². The molecule has 0 aliphatic rings. The minimum atomic E-state index is -1.44. The molecule has 0 amide bonds. The number of para-hydroxylation sites is 1. The van der Waals surface area contributed by atoms with Gasteiger partial charge in [-0.1, -0.05) is 18.2 Å². The second kappa shape index (κ2) is 5.33. The lowest BCUT2D eigenvalue weighted by atomic mass is 10.3. The SMILES string of the molecule is CC(COc1ccccc1)O[Si](C)(C)C. The predicted molar refractivity (Wildman–Crippen MR) is 65.8 cm³/mol. The highest BCUT2D eigenvalue weighted by Gasteiger charge is 2.18. The summed E-state index contributed by atoms with van der Waals surface area (Å²) in [5.74, 6) is 0.906. The van der Waals surface area contributed by atoms with Crippen molar-refractivity contribution in [2.45, 2.75) is 32.7 Å². The third-order valence-electron chi connectivity index (χ3n) is 1.78. The molecule has 15 heavy (non-hydrogen) atoms. The first-order chi connectivity index (χ1) is 6.97. The average Bonchev–Trinajstić information content (AvgIpc) is 2.14. The molecule has 1 aromatic carbocycles. The standard InChI is InChI=1S/C12H20O2Si/c1-11(14-15(2,3)4)10-13-12-8-6-5-7-9-12/h5-9,11H,10H2,1-4H3. The van der Waals surface area contributed by atoms with Crippen LogP contribution in [0.2, 0.25) is 19.6 Å². The molecule has 2 nitrogen and oxygen atoms in total. The van der Waals surface area contributed by atoms with E-state index in [4.69, 9.17) is 9.16 Å². The van der Waals surface area contributed by atoms with Gasteiger partial charge in [-0.3, -0.25) is 0 Å². The zero-order valence-electron chi connectivity index (χ0n) is 9.99. The molecule has 1 aromatic rings. The molecule has 0 aliphatic heterocycles. The number of ether oxygens (including phenoxy) is 1. The maximum Gasteiger partial charge on any atom is 0.184 e. The maximum absolute atomic E-state index is 5.87. The normalized spacial score (nSPS) is 13.6. The summed E-state index contributed by atoms with van der Waals surface area (Å²) < 4.78 is 11.5. The van der Waals surface area contributed by atoms with Crippen molar-refractivity contribution >= 4 is 8.32 Å². The van der Waals surface area contributed by atoms with Crippen LogP contribution >= 0.6 is 0 Å². The fourth-order valence-electron chi connectivity index (χ4n) is 1.37. The number of rotatable bonds is 5. The van der Waals surface area contributed by atoms with Crippen LogP contribution in [0.25, 0.3) is 0 Å². The summed E-state index contributed by atoms with van der Waals surface area (Å²) in [5, 5.41) is 0. The third kappa shape index (κ3) is 5.59. The van der Waals surface area contributed by atoms with E-state index in [1.807, 2.05) is 30.3 Å². The van der Waals surface area contributed by atoms with E-state index in [9.17, 15) is 0 Å². The van der Waals surface area contributed by atoms with Crippen LogP contribution in [-0.2, 0) is 4.43 Å². The quantitative estimate of drug-likeness (QED) is 0.714. The summed E-state index contributed by atoms with van der Waals surface area (Å²) >= 11 is 0. The van der Waals surface area contributed by atoms with Crippen molar-refractivity contribution in [1.82, 2.24) is 0 Å². The van der Waals surface area contributed by atoms with Gasteiger partial charge in [0.05, 0.1) is 6.10 Å². The summed E-state index contributed by atoms with van der Waals surface area (Å²) in [4.78, 5) is 0. The summed E-state index contributed by atoms with van der Waals surface area (Å²) in [6.45, 7) is 9.24. The average molecular weight is 224 g/mol. The molecule has 0 aliphatic carbocycles. The fraction of sp³-hybridized carbons (Fsp3) is 0.500. The van der Waals surface area contributed by atoms with Gasteiger partial charge in [0.2, 0.25) is 0 Å². The Bertz CT molecular complexity index is 279. The zero-order chi connectivity index (χ0) is 11.3. The van der Waals surface area contributed by atoms with Crippen molar-refractivity contribution in [3.63, 3.8) is 0 Å². The topological polar surface area (TPSA) is 18.5 Å². The smallest absolute Gasteiger partial charge is 0.184 e. The zero-order valence-corrected chi connectivity index (χ0v) is 11.0. The van der Waals surface area contributed by atoms with Gasteiger partial charge in [-0.15, -0.1) is 0 Å². The lowest BCUT2D eigenvalue weighted by Gasteiger charge is -2.23. The van der Waals surface area contributed by atoms with Crippen molar-refractivity contribution in [3.05, 3.63) is 30.3 Å². The molecule has 0 fully saturated rings. The molecule has 0 heterocycles. The summed E-state index contributed by atoms with van der Waals surface area (Å²) in [6, 6.07) is 9.84. The van der Waals surface area contributed by atoms with Crippen LogP contribution in [0.3, 0.4) is 0 Å². The van der Waals surface area contributed by atoms with Crippen LogP contribution in [0, 0.1) is 0 Å². The van der Waals surface area contributed by atoms with Crippen LogP contribution < -0.4 is 4.74 Å². The van der Waals surface area contributed by atoms with Gasteiger partial charge in [-0.2, -0.15) is 0 Å². The lowest BCUT2D eigenvalue weighted by Crippen LogP contribution is -2.33. The first-order valence-corrected chi connectivity index (χ1v) is 8.74. The summed E-state index contributed by atoms with van der Waals surface area (Å²) in [5.41, 5.74) is 0. The molecule has 1 rings (SSSR count). The molecule has 0 spiro atoms. The molecular formula is C12H20O2Si. The molecule has 0 bridgehead atoms. The van der Waals surface area contributed by atoms with Gasteiger partial charge < -0.3 is 9.16 Å². The molecule has 0 saturated carbocycles. The Morgan fingerprint density at radius 3 is 2.27 bits per heavy atom. The second-order valence-corrected chi connectivity index (χ2v) is 9.13. The fourth-order valence-corrected chi connectivity index (χ4v) is 2.64. The lowest BCUT2D eigenvalue weighted by molar-refractivity contribution is 0.137. The van der Waals surface area contributed by atoms with Gasteiger partial charge in [-0.25, -0.2) is 0 Å². The van der Waals surface area contributed by atoms with Crippen LogP contribution in [0.5, 0.6) is 5.75 Å². The van der Waals surface area contributed by atoms with E-state index in [1.54, 1.807) is 0 Å². The second-order valence-electron chi connectivity index (χ2n) is 4.66. The van der Waals surface area contributed by atoms with Crippen molar-refractivity contribution in [1.29, 1.82) is 0 Å². The molecule has 1 unspecified atom stereocenters. The Morgan fingerprint density at radius 1 is 1.13 bits per heavy atom. The predicted octanol–water partition coefficient (Wildman–Crippen LogP) is 3.31. The maximum atomic E-state index is 5.87. The van der Waals surface area contributed by atoms with Crippen molar-refractivity contribution in [2.24, 2.45) is 0 Å². The Kier molecular flexibility index (Phi) is 4.36. The molecule has 0 N–H and O–H groups in total. The first-order valence-electron chi connectivity index (χ1n) is 5.33. The highest BCUT2D eigenvalue weighted by Crippen LogP contribution is 2.11. The van der Waals surface area contributed by atoms with Crippen molar-refractivity contribution < 1.29 is 9.16 Å². The first kappa shape index (κ1) is 12.3. The molecule has 3 heteroatoms. The largest absolute Gasteiger partial charge is 0.491 e. The molecule has 0 aromatic heterocycles. The molecule has 84 valence electrons. The van der Waals surface area contributed by atoms with E-state index in [-0.39, 0.29) is 6.10 Å². The number of hydrogen-bond donors (Lipinski definition) is 0. The Labute approximate surface area is 93.4 Å². The minimum Gasteiger partial charge on any atom is -0.491 e. The minimum absolute atomic E-state index is 0.164. The van der Waals surface area contributed by atoms with Gasteiger partial charge in [0.1, 0.15) is 12.4 Å². The van der Waals surface area contributed by atoms with Gasteiger partial charge in [0.25, 0.3) is 0 Å². The van der Waals surface area contributed by atoms with Crippen LogP contribution in [0.4, 0.5) is 0 Å². The van der Waals surface area contributed by atoms with Crippen LogP contribution in [0.1, 0.15) is 6.92 Å². The van der Waals surface area contributed by atoms with Crippen LogP contribution in [0.15, 0.2) is 30.3 Å². The van der Waals surface area contributed by atoms with Gasteiger partial charge in [-0.05, 0) is 38.7 Å². The van der Waals surface area contributed by atoms with E-state index >= 15 is 0 Å². The van der Waals surface area contributed by atoms with Crippen molar-refractivity contribution in [2.75, 3.05) is 6.61 Å². The Balaban J connectivity index is 2.32. The summed E-state index contributed by atoms with van der Waals surface area (Å²) in [7, 11) is -1.44. The molecule has 0 radical (unpaired) electrons. The highest BCUT2D eigenvalue weighted by molar-refractivity contribution is 6.69. The summed E-state index contributed by atoms with van der Waals surface area (Å²) in [6.07, 6.45) is 0.164. The molecule has 0 saturated heterocycles. The van der Waals surface area contributed by atoms with Gasteiger partial charge in [0.15, 0.2) is 8.32 Å². The van der Waals surface area contributed by atoms with E-state index in [2.05, 4.69) is 26.6 Å². The molecular weight excluding hydrogens is 204 g/mol. The highest BCUT2D eigenvalue weighted by atomic mass is 28.4. The van der Waals surface area contributed by atoms with E-state index in [0.717, 1.165) is 5.75 Å². The monoisotopic (exact) mass is 224 g/mol. The van der Waals surface area contributed by atoms with Gasteiger partial charge in [0, 0.05) is 0 Å². The van der Waals surface area contributed by atoms with E-state index < -0.39 is 8.32 Å². The van der Waals surface area contributed by atoms with Crippen LogP contribution in [-0.4, -0.2) is 21.0 Å². The Morgan fingerprint density at radius 2 is 1.73 bits per heavy atom. The third-order valence-corrected chi connectivity index (χ3v) is 2.89. The number of benzene rings is 1. The molecule has 1 atom stereocenters. The van der Waals surface area contributed by atoms with Gasteiger partial charge >= 0.3 is 0 Å².